The molecule has 0 fully saturated rings. The summed E-state index contributed by atoms with van der Waals surface area (Å²) >= 11 is 5.98. The number of carbonyl (C=O) groups is 1. The van der Waals surface area contributed by atoms with E-state index < -0.39 is 0 Å². The summed E-state index contributed by atoms with van der Waals surface area (Å²) in [4.78, 5) is 12.0. The maximum Gasteiger partial charge on any atom is 0.273 e. The van der Waals surface area contributed by atoms with Gasteiger partial charge in [0.05, 0.1) is 10.7 Å². The van der Waals surface area contributed by atoms with Crippen LogP contribution in [0, 0.1) is 6.92 Å². The van der Waals surface area contributed by atoms with Crippen LogP contribution >= 0.6 is 11.6 Å². The van der Waals surface area contributed by atoms with Crippen LogP contribution in [0.3, 0.4) is 0 Å². The van der Waals surface area contributed by atoms with Gasteiger partial charge in [-0.3, -0.25) is 14.2 Å². The second kappa shape index (κ2) is 5.44. The molecule has 0 spiro atoms. The first-order valence-electron chi connectivity index (χ1n) is 6.01. The topological polar surface area (TPSA) is 64.7 Å². The smallest absolute Gasteiger partial charge is 0.273 e. The molecule has 2 heterocycles. The van der Waals surface area contributed by atoms with E-state index in [2.05, 4.69) is 15.5 Å². The number of hydrogen-bond acceptors (Lipinski definition) is 3. The minimum absolute atomic E-state index is 0.255. The van der Waals surface area contributed by atoms with Crippen LogP contribution in [-0.4, -0.2) is 25.5 Å². The van der Waals surface area contributed by atoms with Crippen molar-refractivity contribution in [1.29, 1.82) is 0 Å². The third-order valence-electron chi connectivity index (χ3n) is 2.81. The van der Waals surface area contributed by atoms with E-state index in [0.29, 0.717) is 18.1 Å². The molecule has 0 saturated carbocycles. The predicted octanol–water partition coefficient (Wildman–Crippen LogP) is 1.53. The van der Waals surface area contributed by atoms with Crippen molar-refractivity contribution in [3.8, 4) is 0 Å². The van der Waals surface area contributed by atoms with E-state index in [-0.39, 0.29) is 11.6 Å². The Hall–Kier alpha value is -1.82. The van der Waals surface area contributed by atoms with Crippen molar-refractivity contribution in [3.05, 3.63) is 34.4 Å². The van der Waals surface area contributed by atoms with E-state index in [1.54, 1.807) is 15.6 Å². The van der Waals surface area contributed by atoms with Crippen LogP contribution in [0.5, 0.6) is 0 Å². The lowest BCUT2D eigenvalue weighted by molar-refractivity contribution is 0.0945. The lowest BCUT2D eigenvalue weighted by Gasteiger charge is -2.02. The Morgan fingerprint density at radius 3 is 2.68 bits per heavy atom. The SMILES string of the molecule is CCn1cc(Cl)c(C(=O)NCc2cn(C)nc2C)n1. The zero-order chi connectivity index (χ0) is 14.0. The standard InChI is InChI=1S/C12H16ClN5O/c1-4-18-7-10(13)11(16-18)12(19)14-5-9-6-17(3)15-8(9)2/h6-7H,4-5H2,1-3H3,(H,14,19). The third-order valence-corrected chi connectivity index (χ3v) is 3.09. The van der Waals surface area contributed by atoms with Crippen LogP contribution in [0.4, 0.5) is 0 Å². The molecule has 1 amide bonds. The largest absolute Gasteiger partial charge is 0.346 e. The van der Waals surface area contributed by atoms with Crippen molar-refractivity contribution in [2.75, 3.05) is 0 Å². The number of nitrogens with one attached hydrogen (secondary N) is 1. The summed E-state index contributed by atoms with van der Waals surface area (Å²) in [6.45, 7) is 4.92. The van der Waals surface area contributed by atoms with Gasteiger partial charge in [0.25, 0.3) is 5.91 Å². The average molecular weight is 282 g/mol. The van der Waals surface area contributed by atoms with E-state index in [4.69, 9.17) is 11.6 Å². The fourth-order valence-electron chi connectivity index (χ4n) is 1.79. The Morgan fingerprint density at radius 2 is 2.16 bits per heavy atom. The molecule has 7 heteroatoms. The number of aryl methyl sites for hydroxylation is 3. The number of aromatic nitrogens is 4. The van der Waals surface area contributed by atoms with Crippen molar-refractivity contribution >= 4 is 17.5 Å². The molecular formula is C12H16ClN5O. The Kier molecular flexibility index (Phi) is 3.90. The predicted molar refractivity (Wildman–Crippen MR) is 72.0 cm³/mol. The van der Waals surface area contributed by atoms with E-state index in [1.807, 2.05) is 27.1 Å². The van der Waals surface area contributed by atoms with Crippen LogP contribution < -0.4 is 5.32 Å². The summed E-state index contributed by atoms with van der Waals surface area (Å²) in [6, 6.07) is 0. The van der Waals surface area contributed by atoms with Crippen molar-refractivity contribution < 1.29 is 4.79 Å². The number of hydrogen-bond donors (Lipinski definition) is 1. The van der Waals surface area contributed by atoms with E-state index in [9.17, 15) is 4.79 Å². The molecule has 0 aliphatic carbocycles. The zero-order valence-corrected chi connectivity index (χ0v) is 11.9. The molecule has 0 aliphatic rings. The third kappa shape index (κ3) is 2.96. The molecule has 0 unspecified atom stereocenters. The molecular weight excluding hydrogens is 266 g/mol. The second-order valence-corrected chi connectivity index (χ2v) is 4.68. The lowest BCUT2D eigenvalue weighted by Crippen LogP contribution is -2.24. The van der Waals surface area contributed by atoms with Crippen molar-refractivity contribution in [1.82, 2.24) is 24.9 Å². The van der Waals surface area contributed by atoms with Gasteiger partial charge < -0.3 is 5.32 Å². The highest BCUT2D eigenvalue weighted by Gasteiger charge is 2.15. The highest BCUT2D eigenvalue weighted by atomic mass is 35.5. The lowest BCUT2D eigenvalue weighted by atomic mass is 10.2. The number of amides is 1. The van der Waals surface area contributed by atoms with Gasteiger partial charge in [-0.15, -0.1) is 0 Å². The summed E-state index contributed by atoms with van der Waals surface area (Å²) in [5.74, 6) is -0.277. The molecule has 19 heavy (non-hydrogen) atoms. The van der Waals surface area contributed by atoms with Gasteiger partial charge in [0.1, 0.15) is 0 Å². The van der Waals surface area contributed by atoms with Crippen LogP contribution in [0.15, 0.2) is 12.4 Å². The molecule has 102 valence electrons. The van der Waals surface area contributed by atoms with Gasteiger partial charge in [-0.2, -0.15) is 10.2 Å². The Balaban J connectivity index is 2.05. The summed E-state index contributed by atoms with van der Waals surface area (Å²) < 4.78 is 3.35. The molecule has 0 saturated heterocycles. The minimum atomic E-state index is -0.277. The fraction of sp³-hybridized carbons (Fsp3) is 0.417. The van der Waals surface area contributed by atoms with Crippen LogP contribution in [0.1, 0.15) is 28.7 Å². The minimum Gasteiger partial charge on any atom is -0.346 e. The Bertz CT molecular complexity index is 601. The van der Waals surface area contributed by atoms with Gasteiger partial charge in [0.15, 0.2) is 5.69 Å². The number of halogens is 1. The molecule has 1 N–H and O–H groups in total. The van der Waals surface area contributed by atoms with Gasteiger partial charge in [-0.25, -0.2) is 0 Å². The summed E-state index contributed by atoms with van der Waals surface area (Å²) in [5.41, 5.74) is 2.12. The number of nitrogens with zero attached hydrogens (tertiary/aromatic N) is 4. The average Bonchev–Trinajstić information content (AvgIpc) is 2.89. The van der Waals surface area contributed by atoms with E-state index in [1.165, 1.54) is 0 Å². The zero-order valence-electron chi connectivity index (χ0n) is 11.1. The second-order valence-electron chi connectivity index (χ2n) is 4.28. The summed E-state index contributed by atoms with van der Waals surface area (Å²) in [6.07, 6.45) is 3.52. The maximum absolute atomic E-state index is 12.0. The van der Waals surface area contributed by atoms with Gasteiger partial charge in [-0.1, -0.05) is 11.6 Å². The molecule has 2 rings (SSSR count). The molecule has 0 aromatic carbocycles. The van der Waals surface area contributed by atoms with Gasteiger partial charge in [0.2, 0.25) is 0 Å². The molecule has 0 aliphatic heterocycles. The fourth-order valence-corrected chi connectivity index (χ4v) is 2.03. The quantitative estimate of drug-likeness (QED) is 0.924. The Morgan fingerprint density at radius 1 is 1.42 bits per heavy atom. The van der Waals surface area contributed by atoms with Crippen molar-refractivity contribution in [2.24, 2.45) is 7.05 Å². The number of rotatable bonds is 4. The first kappa shape index (κ1) is 13.6. The van der Waals surface area contributed by atoms with Crippen molar-refractivity contribution in [3.63, 3.8) is 0 Å². The Labute approximate surface area is 116 Å². The molecule has 2 aromatic rings. The van der Waals surface area contributed by atoms with Crippen molar-refractivity contribution in [2.45, 2.75) is 26.9 Å². The van der Waals surface area contributed by atoms with Crippen LogP contribution in [-0.2, 0) is 20.1 Å². The van der Waals surface area contributed by atoms with Crippen LogP contribution in [0.2, 0.25) is 5.02 Å². The summed E-state index contributed by atoms with van der Waals surface area (Å²) in [7, 11) is 1.85. The molecule has 0 atom stereocenters. The highest BCUT2D eigenvalue weighted by molar-refractivity contribution is 6.33. The maximum atomic E-state index is 12.0. The first-order chi connectivity index (χ1) is 9.01. The molecule has 0 radical (unpaired) electrons. The van der Waals surface area contributed by atoms with Crippen LogP contribution in [0.25, 0.3) is 0 Å². The normalized spacial score (nSPS) is 10.7. The molecule has 2 aromatic heterocycles. The monoisotopic (exact) mass is 281 g/mol. The number of carbonyl (C=O) groups excluding carboxylic acids is 1. The van der Waals surface area contributed by atoms with E-state index >= 15 is 0 Å². The summed E-state index contributed by atoms with van der Waals surface area (Å²) in [5, 5.41) is 11.5. The van der Waals surface area contributed by atoms with E-state index in [0.717, 1.165) is 11.3 Å². The van der Waals surface area contributed by atoms with Gasteiger partial charge in [0, 0.05) is 38.1 Å². The van der Waals surface area contributed by atoms with Gasteiger partial charge >= 0.3 is 0 Å². The first-order valence-corrected chi connectivity index (χ1v) is 6.39. The highest BCUT2D eigenvalue weighted by Crippen LogP contribution is 2.14. The van der Waals surface area contributed by atoms with Gasteiger partial charge in [-0.05, 0) is 13.8 Å². The molecule has 0 bridgehead atoms. The molecule has 6 nitrogen and oxygen atoms in total.